The second-order valence-electron chi connectivity index (χ2n) is 2.77. The molecule has 0 saturated carbocycles. The van der Waals surface area contributed by atoms with E-state index in [0.717, 1.165) is 5.56 Å². The molecule has 0 fully saturated rings. The number of carbonyl (C=O) groups is 1. The molecule has 13 heavy (non-hydrogen) atoms. The van der Waals surface area contributed by atoms with Crippen LogP contribution in [-0.2, 0) is 11.2 Å². The Hall–Kier alpha value is -0.930. The third-order valence-corrected chi connectivity index (χ3v) is 2.32. The Kier molecular flexibility index (Phi) is 4.43. The van der Waals surface area contributed by atoms with E-state index in [2.05, 4.69) is 11.9 Å². The van der Waals surface area contributed by atoms with Crippen molar-refractivity contribution in [2.24, 2.45) is 0 Å². The van der Waals surface area contributed by atoms with Gasteiger partial charge in [0.15, 0.2) is 5.78 Å². The van der Waals surface area contributed by atoms with Crippen molar-refractivity contribution in [3.8, 4) is 0 Å². The molecule has 0 aromatic carbocycles. The second-order valence-corrected chi connectivity index (χ2v) is 3.55. The minimum absolute atomic E-state index is 0.222. The normalized spacial score (nSPS) is 9.85. The molecule has 0 amide bonds. The molecule has 2 nitrogen and oxygen atoms in total. The molecule has 0 bridgehead atoms. The van der Waals surface area contributed by atoms with Crippen LogP contribution in [-0.4, -0.2) is 18.9 Å². The lowest BCUT2D eigenvalue weighted by Gasteiger charge is -1.99. The number of carbonyl (C=O) groups excluding carboxylic acids is 1. The Morgan fingerprint density at radius 3 is 3.15 bits per heavy atom. The number of rotatable bonds is 6. The highest BCUT2D eigenvalue weighted by atomic mass is 32.1. The first-order chi connectivity index (χ1) is 6.33. The van der Waals surface area contributed by atoms with Crippen molar-refractivity contribution in [2.45, 2.75) is 6.42 Å². The van der Waals surface area contributed by atoms with Crippen LogP contribution in [0, 0.1) is 0 Å². The van der Waals surface area contributed by atoms with Crippen molar-refractivity contribution in [3.63, 3.8) is 0 Å². The lowest BCUT2D eigenvalue weighted by Crippen LogP contribution is -2.23. The van der Waals surface area contributed by atoms with Gasteiger partial charge in [0.1, 0.15) is 0 Å². The highest BCUT2D eigenvalue weighted by Crippen LogP contribution is 2.06. The predicted molar refractivity (Wildman–Crippen MR) is 56.1 cm³/mol. The second kappa shape index (κ2) is 5.67. The van der Waals surface area contributed by atoms with Crippen LogP contribution < -0.4 is 5.32 Å². The first-order valence-electron chi connectivity index (χ1n) is 4.17. The van der Waals surface area contributed by atoms with E-state index >= 15 is 0 Å². The minimum Gasteiger partial charge on any atom is -0.307 e. The van der Waals surface area contributed by atoms with Crippen molar-refractivity contribution < 1.29 is 4.79 Å². The summed E-state index contributed by atoms with van der Waals surface area (Å²) in [7, 11) is 0. The summed E-state index contributed by atoms with van der Waals surface area (Å²) in [6.45, 7) is 4.68. The minimum atomic E-state index is 0.222. The highest BCUT2D eigenvalue weighted by molar-refractivity contribution is 7.07. The lowest BCUT2D eigenvalue weighted by atomic mass is 10.2. The van der Waals surface area contributed by atoms with Crippen molar-refractivity contribution in [3.05, 3.63) is 35.0 Å². The highest BCUT2D eigenvalue weighted by Gasteiger charge is 2.02. The molecule has 1 aromatic heterocycles. The molecule has 0 saturated heterocycles. The average molecular weight is 195 g/mol. The quantitative estimate of drug-likeness (QED) is 0.552. The van der Waals surface area contributed by atoms with Gasteiger partial charge in [0, 0.05) is 13.0 Å². The van der Waals surface area contributed by atoms with E-state index in [0.29, 0.717) is 19.5 Å². The van der Waals surface area contributed by atoms with E-state index < -0.39 is 0 Å². The molecule has 1 rings (SSSR count). The summed E-state index contributed by atoms with van der Waals surface area (Å²) >= 11 is 1.62. The summed E-state index contributed by atoms with van der Waals surface area (Å²) in [5.41, 5.74) is 1.11. The van der Waals surface area contributed by atoms with Gasteiger partial charge in [-0.05, 0) is 22.4 Å². The Morgan fingerprint density at radius 2 is 2.54 bits per heavy atom. The average Bonchev–Trinajstić information content (AvgIpc) is 2.57. The van der Waals surface area contributed by atoms with Crippen molar-refractivity contribution in [2.75, 3.05) is 13.1 Å². The first-order valence-corrected chi connectivity index (χ1v) is 5.11. The van der Waals surface area contributed by atoms with E-state index in [9.17, 15) is 4.79 Å². The van der Waals surface area contributed by atoms with Gasteiger partial charge in [-0.15, -0.1) is 6.58 Å². The van der Waals surface area contributed by atoms with Crippen LogP contribution in [0.3, 0.4) is 0 Å². The van der Waals surface area contributed by atoms with Crippen LogP contribution in [0.25, 0.3) is 0 Å². The predicted octanol–water partition coefficient (Wildman–Crippen LogP) is 1.64. The van der Waals surface area contributed by atoms with Crippen LogP contribution >= 0.6 is 11.3 Å². The van der Waals surface area contributed by atoms with E-state index in [-0.39, 0.29) is 5.78 Å². The van der Waals surface area contributed by atoms with Crippen LogP contribution in [0.15, 0.2) is 29.5 Å². The zero-order valence-electron chi connectivity index (χ0n) is 7.45. The van der Waals surface area contributed by atoms with Gasteiger partial charge in [0.05, 0.1) is 6.54 Å². The van der Waals surface area contributed by atoms with Gasteiger partial charge in [0.2, 0.25) is 0 Å². The summed E-state index contributed by atoms with van der Waals surface area (Å²) in [4.78, 5) is 11.3. The zero-order chi connectivity index (χ0) is 9.52. The van der Waals surface area contributed by atoms with Gasteiger partial charge in [-0.3, -0.25) is 4.79 Å². The Bertz CT molecular complexity index is 266. The summed E-state index contributed by atoms with van der Waals surface area (Å²) in [6.07, 6.45) is 2.28. The molecule has 0 aliphatic heterocycles. The van der Waals surface area contributed by atoms with Crippen LogP contribution in [0.5, 0.6) is 0 Å². The molecule has 1 aromatic rings. The fourth-order valence-electron chi connectivity index (χ4n) is 0.997. The molecular formula is C10H13NOS. The Labute approximate surface area is 82.3 Å². The SMILES string of the molecule is C=CCNCC(=O)Cc1ccsc1. The molecule has 0 atom stereocenters. The maximum Gasteiger partial charge on any atom is 0.151 e. The van der Waals surface area contributed by atoms with Gasteiger partial charge < -0.3 is 5.32 Å². The molecule has 1 N–H and O–H groups in total. The van der Waals surface area contributed by atoms with E-state index in [1.165, 1.54) is 0 Å². The third kappa shape index (κ3) is 4.01. The lowest BCUT2D eigenvalue weighted by molar-refractivity contribution is -0.117. The molecular weight excluding hydrogens is 182 g/mol. The van der Waals surface area contributed by atoms with Crippen molar-refractivity contribution in [1.29, 1.82) is 0 Å². The number of ketones is 1. The van der Waals surface area contributed by atoms with Crippen molar-refractivity contribution in [1.82, 2.24) is 5.32 Å². The first kappa shape index (κ1) is 10.2. The molecule has 0 unspecified atom stereocenters. The van der Waals surface area contributed by atoms with Gasteiger partial charge >= 0.3 is 0 Å². The van der Waals surface area contributed by atoms with E-state index in [1.54, 1.807) is 17.4 Å². The van der Waals surface area contributed by atoms with Crippen LogP contribution in [0.4, 0.5) is 0 Å². The van der Waals surface area contributed by atoms with Gasteiger partial charge in [-0.1, -0.05) is 6.08 Å². The molecule has 70 valence electrons. The summed E-state index contributed by atoms with van der Waals surface area (Å²) in [6, 6.07) is 1.98. The standard InChI is InChI=1S/C10H13NOS/c1-2-4-11-7-10(12)6-9-3-5-13-8-9/h2-3,5,8,11H,1,4,6-7H2. The summed E-state index contributed by atoms with van der Waals surface area (Å²) in [5.74, 6) is 0.222. The molecule has 3 heteroatoms. The van der Waals surface area contributed by atoms with Gasteiger partial charge in [-0.2, -0.15) is 11.3 Å². The third-order valence-electron chi connectivity index (χ3n) is 1.59. The van der Waals surface area contributed by atoms with Gasteiger partial charge in [-0.25, -0.2) is 0 Å². The Morgan fingerprint density at radius 1 is 1.69 bits per heavy atom. The summed E-state index contributed by atoms with van der Waals surface area (Å²) < 4.78 is 0. The molecule has 0 radical (unpaired) electrons. The Balaban J connectivity index is 2.22. The zero-order valence-corrected chi connectivity index (χ0v) is 8.27. The monoisotopic (exact) mass is 195 g/mol. The molecule has 0 aliphatic carbocycles. The number of nitrogens with one attached hydrogen (secondary N) is 1. The van der Waals surface area contributed by atoms with E-state index in [4.69, 9.17) is 0 Å². The summed E-state index contributed by atoms with van der Waals surface area (Å²) in [5, 5.41) is 6.97. The molecule has 0 spiro atoms. The largest absolute Gasteiger partial charge is 0.307 e. The fraction of sp³-hybridized carbons (Fsp3) is 0.300. The number of Topliss-reactive ketones (excluding diaryl/α,β-unsaturated/α-hetero) is 1. The maximum atomic E-state index is 11.3. The maximum absolute atomic E-state index is 11.3. The molecule has 1 heterocycles. The van der Waals surface area contributed by atoms with Gasteiger partial charge in [0.25, 0.3) is 0 Å². The number of thiophene rings is 1. The topological polar surface area (TPSA) is 29.1 Å². The van der Waals surface area contributed by atoms with Crippen LogP contribution in [0.1, 0.15) is 5.56 Å². The number of hydrogen-bond acceptors (Lipinski definition) is 3. The molecule has 0 aliphatic rings. The van der Waals surface area contributed by atoms with E-state index in [1.807, 2.05) is 16.8 Å². The fourth-order valence-corrected chi connectivity index (χ4v) is 1.67. The number of hydrogen-bond donors (Lipinski definition) is 1. The van der Waals surface area contributed by atoms with Crippen LogP contribution in [0.2, 0.25) is 0 Å². The van der Waals surface area contributed by atoms with Crippen molar-refractivity contribution >= 4 is 17.1 Å². The smallest absolute Gasteiger partial charge is 0.151 e.